The van der Waals surface area contributed by atoms with Crippen molar-refractivity contribution in [3.8, 4) is 17.2 Å². The molecule has 1 unspecified atom stereocenters. The van der Waals surface area contributed by atoms with Gasteiger partial charge in [0.05, 0.1) is 6.54 Å². The van der Waals surface area contributed by atoms with E-state index in [0.29, 0.717) is 31.4 Å². The Labute approximate surface area is 188 Å². The quantitative estimate of drug-likeness (QED) is 0.335. The molecule has 1 aliphatic heterocycles. The highest BCUT2D eigenvalue weighted by Crippen LogP contribution is 2.31. The molecule has 2 aliphatic rings. The molecule has 0 saturated carbocycles. The van der Waals surface area contributed by atoms with Crippen molar-refractivity contribution in [2.75, 3.05) is 20.2 Å². The van der Waals surface area contributed by atoms with Gasteiger partial charge in [0.15, 0.2) is 17.5 Å². The van der Waals surface area contributed by atoms with Crippen LogP contribution in [0.5, 0.6) is 17.2 Å². The van der Waals surface area contributed by atoms with E-state index < -0.39 is 0 Å². The summed E-state index contributed by atoms with van der Waals surface area (Å²) in [4.78, 5) is 4.29. The summed E-state index contributed by atoms with van der Waals surface area (Å²) in [5, 5.41) is 17.0. The molecular weight excluding hydrogens is 481 g/mol. The molecule has 0 aromatic heterocycles. The van der Waals surface area contributed by atoms with Crippen LogP contribution in [-0.2, 0) is 19.4 Å². The van der Waals surface area contributed by atoms with E-state index >= 15 is 0 Å². The van der Waals surface area contributed by atoms with Crippen LogP contribution in [0.15, 0.2) is 41.4 Å². The minimum Gasteiger partial charge on any atom is -0.508 e. The smallest absolute Gasteiger partial charge is 0.191 e. The van der Waals surface area contributed by atoms with Crippen LogP contribution >= 0.6 is 24.0 Å². The number of phenols is 1. The molecule has 2 aromatic carbocycles. The van der Waals surface area contributed by atoms with Crippen LogP contribution in [0.25, 0.3) is 0 Å². The number of nitrogens with one attached hydrogen (secondary N) is 2. The van der Waals surface area contributed by atoms with Crippen molar-refractivity contribution < 1.29 is 14.6 Å². The maximum Gasteiger partial charge on any atom is 0.191 e. The summed E-state index contributed by atoms with van der Waals surface area (Å²) in [5.74, 6) is 2.58. The molecule has 0 radical (unpaired) electrons. The Morgan fingerprint density at radius 1 is 1.10 bits per heavy atom. The Morgan fingerprint density at radius 3 is 2.72 bits per heavy atom. The summed E-state index contributed by atoms with van der Waals surface area (Å²) in [5.41, 5.74) is 3.62. The number of aliphatic imine (C=N–C) groups is 1. The summed E-state index contributed by atoms with van der Waals surface area (Å²) >= 11 is 0. The van der Waals surface area contributed by atoms with Crippen LogP contribution in [0.1, 0.15) is 29.5 Å². The summed E-state index contributed by atoms with van der Waals surface area (Å²) in [6.07, 6.45) is 4.43. The number of para-hydroxylation sites is 2. The predicted molar refractivity (Wildman–Crippen MR) is 125 cm³/mol. The Kier molecular flexibility index (Phi) is 7.46. The van der Waals surface area contributed by atoms with Gasteiger partial charge in [0.2, 0.25) is 0 Å². The highest BCUT2D eigenvalue weighted by molar-refractivity contribution is 14.0. The van der Waals surface area contributed by atoms with Gasteiger partial charge in [-0.15, -0.1) is 24.0 Å². The molecule has 156 valence electrons. The second-order valence-corrected chi connectivity index (χ2v) is 7.21. The number of hydrogen-bond donors (Lipinski definition) is 3. The van der Waals surface area contributed by atoms with E-state index in [1.54, 1.807) is 7.05 Å². The van der Waals surface area contributed by atoms with Gasteiger partial charge < -0.3 is 25.2 Å². The zero-order valence-corrected chi connectivity index (χ0v) is 18.9. The van der Waals surface area contributed by atoms with Crippen molar-refractivity contribution >= 4 is 29.9 Å². The normalized spacial score (nSPS) is 17.7. The van der Waals surface area contributed by atoms with Crippen LogP contribution < -0.4 is 20.1 Å². The molecule has 0 amide bonds. The second-order valence-electron chi connectivity index (χ2n) is 7.21. The van der Waals surface area contributed by atoms with Gasteiger partial charge in [-0.1, -0.05) is 18.2 Å². The topological polar surface area (TPSA) is 75.1 Å². The highest BCUT2D eigenvalue weighted by Gasteiger charge is 2.21. The van der Waals surface area contributed by atoms with Gasteiger partial charge in [-0.05, 0) is 55.0 Å². The molecule has 6 nitrogen and oxygen atoms in total. The van der Waals surface area contributed by atoms with Gasteiger partial charge in [-0.25, -0.2) is 0 Å². The van der Waals surface area contributed by atoms with Crippen molar-refractivity contribution in [2.45, 2.75) is 38.3 Å². The van der Waals surface area contributed by atoms with Crippen molar-refractivity contribution in [3.63, 3.8) is 0 Å². The van der Waals surface area contributed by atoms with Crippen LogP contribution in [0.3, 0.4) is 0 Å². The number of hydrogen-bond acceptors (Lipinski definition) is 4. The number of aromatic hydroxyl groups is 1. The highest BCUT2D eigenvalue weighted by atomic mass is 127. The first-order valence-corrected chi connectivity index (χ1v) is 9.90. The first-order chi connectivity index (χ1) is 13.7. The lowest BCUT2D eigenvalue weighted by Crippen LogP contribution is -2.45. The van der Waals surface area contributed by atoms with E-state index in [9.17, 15) is 5.11 Å². The van der Waals surface area contributed by atoms with Crippen LogP contribution in [-0.4, -0.2) is 37.4 Å². The number of phenolic OH excluding ortho intramolecular Hbond substituents is 1. The number of guanidine groups is 1. The van der Waals surface area contributed by atoms with Crippen LogP contribution in [0.4, 0.5) is 0 Å². The van der Waals surface area contributed by atoms with Gasteiger partial charge in [-0.3, -0.25) is 4.99 Å². The molecule has 0 fully saturated rings. The van der Waals surface area contributed by atoms with E-state index in [1.807, 2.05) is 30.3 Å². The lowest BCUT2D eigenvalue weighted by molar-refractivity contribution is 0.0936. The molecule has 4 rings (SSSR count). The third-order valence-corrected chi connectivity index (χ3v) is 5.35. The minimum absolute atomic E-state index is 0. The number of rotatable bonds is 4. The second kappa shape index (κ2) is 10.0. The number of halogens is 1. The number of aryl methyl sites for hydroxylation is 1. The van der Waals surface area contributed by atoms with E-state index in [-0.39, 0.29) is 30.1 Å². The van der Waals surface area contributed by atoms with Crippen LogP contribution in [0.2, 0.25) is 0 Å². The molecule has 1 aliphatic carbocycles. The molecule has 3 N–H and O–H groups in total. The fourth-order valence-corrected chi connectivity index (χ4v) is 3.86. The lowest BCUT2D eigenvalue weighted by atomic mass is 9.88. The fourth-order valence-electron chi connectivity index (χ4n) is 3.86. The summed E-state index contributed by atoms with van der Waals surface area (Å²) in [7, 11) is 1.74. The third kappa shape index (κ3) is 5.07. The summed E-state index contributed by atoms with van der Waals surface area (Å²) in [6.45, 7) is 1.61. The van der Waals surface area contributed by atoms with E-state index in [0.717, 1.165) is 29.9 Å². The molecule has 0 spiro atoms. The third-order valence-electron chi connectivity index (χ3n) is 5.35. The number of benzene rings is 2. The van der Waals surface area contributed by atoms with Gasteiger partial charge in [-0.2, -0.15) is 0 Å². The number of nitrogens with zero attached hydrogens (tertiary/aromatic N) is 1. The van der Waals surface area contributed by atoms with Gasteiger partial charge in [0, 0.05) is 19.2 Å². The zero-order valence-electron chi connectivity index (χ0n) is 16.6. The van der Waals surface area contributed by atoms with E-state index in [4.69, 9.17) is 9.47 Å². The van der Waals surface area contributed by atoms with Gasteiger partial charge in [0.25, 0.3) is 0 Å². The van der Waals surface area contributed by atoms with Crippen LogP contribution in [0, 0.1) is 0 Å². The zero-order chi connectivity index (χ0) is 19.3. The maximum atomic E-state index is 10.3. The first-order valence-electron chi connectivity index (χ1n) is 9.90. The SMILES string of the molecule is CN=C(NCc1c(O)ccc2c1CCCC2)NCC1COc2ccccc2O1.I. The molecule has 29 heavy (non-hydrogen) atoms. The average molecular weight is 509 g/mol. The lowest BCUT2D eigenvalue weighted by Gasteiger charge is -2.27. The van der Waals surface area contributed by atoms with Gasteiger partial charge in [0.1, 0.15) is 18.5 Å². The standard InChI is InChI=1S/C22H27N3O3.HI/c1-23-22(24-12-16-14-27-20-8-4-5-9-21(20)28-16)25-13-18-17-7-3-2-6-15(17)10-11-19(18)26;/h4-5,8-11,16,26H,2-3,6-7,12-14H2,1H3,(H2,23,24,25);1H. The Hall–Kier alpha value is -2.16. The molecule has 1 atom stereocenters. The summed E-state index contributed by atoms with van der Waals surface area (Å²) in [6, 6.07) is 11.6. The molecule has 0 saturated heterocycles. The number of fused-ring (bicyclic) bond motifs is 2. The first kappa shape index (κ1) is 21.5. The summed E-state index contributed by atoms with van der Waals surface area (Å²) < 4.78 is 11.7. The fraction of sp³-hybridized carbons (Fsp3) is 0.409. The average Bonchev–Trinajstić information content (AvgIpc) is 2.75. The van der Waals surface area contributed by atoms with Crippen molar-refractivity contribution in [1.82, 2.24) is 10.6 Å². The number of ether oxygens (including phenoxy) is 2. The molecule has 7 heteroatoms. The Bertz CT molecular complexity index is 872. The molecule has 0 bridgehead atoms. The van der Waals surface area contributed by atoms with Gasteiger partial charge >= 0.3 is 0 Å². The van der Waals surface area contributed by atoms with Crippen molar-refractivity contribution in [2.24, 2.45) is 4.99 Å². The predicted octanol–water partition coefficient (Wildman–Crippen LogP) is 3.39. The van der Waals surface area contributed by atoms with Crippen molar-refractivity contribution in [3.05, 3.63) is 53.1 Å². The Morgan fingerprint density at radius 2 is 1.90 bits per heavy atom. The Balaban J connectivity index is 0.00000240. The van der Waals surface area contributed by atoms with E-state index in [1.165, 1.54) is 24.0 Å². The van der Waals surface area contributed by atoms with E-state index in [2.05, 4.69) is 21.7 Å². The minimum atomic E-state index is -0.0914. The maximum absolute atomic E-state index is 10.3. The monoisotopic (exact) mass is 509 g/mol. The molecule has 1 heterocycles. The molecule has 2 aromatic rings. The largest absolute Gasteiger partial charge is 0.508 e. The van der Waals surface area contributed by atoms with Crippen molar-refractivity contribution in [1.29, 1.82) is 0 Å². The molecular formula is C22H28IN3O3.